The SMILES string of the molecule is CCNC(=O)Nc1cn(-c2cccnc2)nc1Br. The summed E-state index contributed by atoms with van der Waals surface area (Å²) in [6.45, 7) is 2.42. The predicted molar refractivity (Wildman–Crippen MR) is 71.8 cm³/mol. The van der Waals surface area contributed by atoms with Crippen molar-refractivity contribution < 1.29 is 4.79 Å². The molecule has 0 fully saturated rings. The van der Waals surface area contributed by atoms with Crippen molar-refractivity contribution in [3.05, 3.63) is 35.3 Å². The number of hydrogen-bond acceptors (Lipinski definition) is 3. The summed E-state index contributed by atoms with van der Waals surface area (Å²) in [7, 11) is 0. The van der Waals surface area contributed by atoms with Gasteiger partial charge in [0.05, 0.1) is 23.8 Å². The number of nitrogens with one attached hydrogen (secondary N) is 2. The fourth-order valence-electron chi connectivity index (χ4n) is 1.39. The number of amides is 2. The van der Waals surface area contributed by atoms with Crippen LogP contribution in [0.15, 0.2) is 35.3 Å². The van der Waals surface area contributed by atoms with Crippen LogP contribution in [0.1, 0.15) is 6.92 Å². The van der Waals surface area contributed by atoms with Gasteiger partial charge in [0.2, 0.25) is 0 Å². The van der Waals surface area contributed by atoms with Crippen LogP contribution < -0.4 is 10.6 Å². The number of halogens is 1. The highest BCUT2D eigenvalue weighted by Gasteiger charge is 2.10. The van der Waals surface area contributed by atoms with E-state index in [-0.39, 0.29) is 6.03 Å². The van der Waals surface area contributed by atoms with Gasteiger partial charge in [-0.1, -0.05) is 0 Å². The number of carbonyl (C=O) groups is 1. The maximum Gasteiger partial charge on any atom is 0.319 e. The first-order chi connectivity index (χ1) is 8.70. The lowest BCUT2D eigenvalue weighted by molar-refractivity contribution is 0.252. The zero-order valence-electron chi connectivity index (χ0n) is 9.72. The molecule has 2 aromatic heterocycles. The molecular weight excluding hydrogens is 298 g/mol. The smallest absolute Gasteiger partial charge is 0.319 e. The Labute approximate surface area is 113 Å². The summed E-state index contributed by atoms with van der Waals surface area (Å²) >= 11 is 3.30. The van der Waals surface area contributed by atoms with E-state index in [0.717, 1.165) is 5.69 Å². The molecule has 2 rings (SSSR count). The van der Waals surface area contributed by atoms with E-state index in [4.69, 9.17) is 0 Å². The van der Waals surface area contributed by atoms with Crippen LogP contribution >= 0.6 is 15.9 Å². The van der Waals surface area contributed by atoms with Crippen LogP contribution in [0, 0.1) is 0 Å². The first kappa shape index (κ1) is 12.6. The van der Waals surface area contributed by atoms with Crippen molar-refractivity contribution in [2.45, 2.75) is 6.92 Å². The van der Waals surface area contributed by atoms with E-state index in [2.05, 4.69) is 36.6 Å². The standard InChI is InChI=1S/C11H12BrN5O/c1-2-14-11(18)15-9-7-17(16-10(9)12)8-4-3-5-13-6-8/h3-7H,2H2,1H3,(H2,14,15,18). The molecule has 7 heteroatoms. The Morgan fingerprint density at radius 2 is 2.39 bits per heavy atom. The van der Waals surface area contributed by atoms with Gasteiger partial charge in [-0.2, -0.15) is 5.10 Å². The highest BCUT2D eigenvalue weighted by molar-refractivity contribution is 9.10. The maximum atomic E-state index is 11.4. The normalized spacial score (nSPS) is 10.1. The Morgan fingerprint density at radius 3 is 3.06 bits per heavy atom. The summed E-state index contributed by atoms with van der Waals surface area (Å²) in [6, 6.07) is 3.44. The molecule has 94 valence electrons. The van der Waals surface area contributed by atoms with Crippen LogP contribution in [0.5, 0.6) is 0 Å². The van der Waals surface area contributed by atoms with Gasteiger partial charge in [-0.25, -0.2) is 9.48 Å². The minimum absolute atomic E-state index is 0.260. The molecule has 0 atom stereocenters. The third-order valence-corrected chi connectivity index (χ3v) is 2.75. The largest absolute Gasteiger partial charge is 0.338 e. The average Bonchev–Trinajstić information content (AvgIpc) is 2.72. The van der Waals surface area contributed by atoms with E-state index in [1.54, 1.807) is 23.3 Å². The fraction of sp³-hybridized carbons (Fsp3) is 0.182. The molecule has 0 unspecified atom stereocenters. The molecule has 18 heavy (non-hydrogen) atoms. The third-order valence-electron chi connectivity index (χ3n) is 2.17. The van der Waals surface area contributed by atoms with Crippen molar-refractivity contribution in [2.24, 2.45) is 0 Å². The summed E-state index contributed by atoms with van der Waals surface area (Å²) in [5, 5.41) is 9.60. The lowest BCUT2D eigenvalue weighted by Gasteiger charge is -2.02. The molecule has 0 spiro atoms. The zero-order chi connectivity index (χ0) is 13.0. The summed E-state index contributed by atoms with van der Waals surface area (Å²) in [5.41, 5.74) is 1.42. The monoisotopic (exact) mass is 309 g/mol. The van der Waals surface area contributed by atoms with Gasteiger partial charge in [-0.3, -0.25) is 4.98 Å². The number of aromatic nitrogens is 3. The first-order valence-corrected chi connectivity index (χ1v) is 6.20. The van der Waals surface area contributed by atoms with Gasteiger partial charge in [0, 0.05) is 12.7 Å². The second kappa shape index (κ2) is 5.63. The molecule has 2 amide bonds. The van der Waals surface area contributed by atoms with Crippen LogP contribution in [-0.4, -0.2) is 27.3 Å². The van der Waals surface area contributed by atoms with Crippen LogP contribution in [-0.2, 0) is 0 Å². The molecule has 0 aliphatic carbocycles. The van der Waals surface area contributed by atoms with Gasteiger partial charge in [0.25, 0.3) is 0 Å². The number of carbonyl (C=O) groups excluding carboxylic acids is 1. The second-order valence-corrected chi connectivity index (χ2v) is 4.22. The Kier molecular flexibility index (Phi) is 3.93. The van der Waals surface area contributed by atoms with Gasteiger partial charge in [-0.15, -0.1) is 0 Å². The lowest BCUT2D eigenvalue weighted by atomic mass is 10.4. The van der Waals surface area contributed by atoms with Crippen LogP contribution in [0.4, 0.5) is 10.5 Å². The van der Waals surface area contributed by atoms with Gasteiger partial charge in [0.1, 0.15) is 0 Å². The zero-order valence-corrected chi connectivity index (χ0v) is 11.3. The van der Waals surface area contributed by atoms with Crippen LogP contribution in [0.25, 0.3) is 5.69 Å². The van der Waals surface area contributed by atoms with E-state index >= 15 is 0 Å². The van der Waals surface area contributed by atoms with E-state index in [1.807, 2.05) is 19.1 Å². The topological polar surface area (TPSA) is 71.8 Å². The molecular formula is C11H12BrN5O. The summed E-state index contributed by atoms with van der Waals surface area (Å²) in [6.07, 6.45) is 5.10. The average molecular weight is 310 g/mol. The number of rotatable bonds is 3. The highest BCUT2D eigenvalue weighted by Crippen LogP contribution is 2.21. The Balaban J connectivity index is 2.20. The van der Waals surface area contributed by atoms with Crippen LogP contribution in [0.2, 0.25) is 0 Å². The number of anilines is 1. The molecule has 0 bridgehead atoms. The van der Waals surface area contributed by atoms with Crippen molar-refractivity contribution >= 4 is 27.6 Å². The van der Waals surface area contributed by atoms with Gasteiger partial charge < -0.3 is 10.6 Å². The summed E-state index contributed by atoms with van der Waals surface area (Å²) in [5.74, 6) is 0. The third kappa shape index (κ3) is 2.86. The Hall–Kier alpha value is -1.89. The molecule has 0 saturated heterocycles. The first-order valence-electron chi connectivity index (χ1n) is 5.41. The quantitative estimate of drug-likeness (QED) is 0.912. The van der Waals surface area contributed by atoms with Crippen molar-refractivity contribution in [1.29, 1.82) is 0 Å². The van der Waals surface area contributed by atoms with Crippen molar-refractivity contribution in [3.63, 3.8) is 0 Å². The molecule has 0 radical (unpaired) electrons. The molecule has 6 nitrogen and oxygen atoms in total. The number of hydrogen-bond donors (Lipinski definition) is 2. The summed E-state index contributed by atoms with van der Waals surface area (Å²) < 4.78 is 2.20. The minimum Gasteiger partial charge on any atom is -0.338 e. The van der Waals surface area contributed by atoms with E-state index in [1.165, 1.54) is 0 Å². The highest BCUT2D eigenvalue weighted by atomic mass is 79.9. The molecule has 0 aliphatic heterocycles. The van der Waals surface area contributed by atoms with Gasteiger partial charge >= 0.3 is 6.03 Å². The Morgan fingerprint density at radius 1 is 1.56 bits per heavy atom. The number of nitrogens with zero attached hydrogens (tertiary/aromatic N) is 3. The van der Waals surface area contributed by atoms with Crippen molar-refractivity contribution in [2.75, 3.05) is 11.9 Å². The maximum absolute atomic E-state index is 11.4. The lowest BCUT2D eigenvalue weighted by Crippen LogP contribution is -2.28. The number of urea groups is 1. The molecule has 2 heterocycles. The summed E-state index contributed by atoms with van der Waals surface area (Å²) in [4.78, 5) is 15.4. The van der Waals surface area contributed by atoms with Crippen molar-refractivity contribution in [1.82, 2.24) is 20.1 Å². The molecule has 0 aromatic carbocycles. The van der Waals surface area contributed by atoms with E-state index in [9.17, 15) is 4.79 Å². The minimum atomic E-state index is -0.260. The molecule has 2 N–H and O–H groups in total. The van der Waals surface area contributed by atoms with E-state index < -0.39 is 0 Å². The number of pyridine rings is 1. The fourth-order valence-corrected chi connectivity index (χ4v) is 1.76. The molecule has 0 saturated carbocycles. The van der Waals surface area contributed by atoms with Gasteiger partial charge in [-0.05, 0) is 35.0 Å². The Bertz CT molecular complexity index is 540. The molecule has 0 aliphatic rings. The second-order valence-electron chi connectivity index (χ2n) is 3.47. The van der Waals surface area contributed by atoms with Crippen LogP contribution in [0.3, 0.4) is 0 Å². The van der Waals surface area contributed by atoms with Gasteiger partial charge in [0.15, 0.2) is 4.60 Å². The van der Waals surface area contributed by atoms with E-state index in [0.29, 0.717) is 16.8 Å². The molecule has 2 aromatic rings. The van der Waals surface area contributed by atoms with Crippen molar-refractivity contribution in [3.8, 4) is 5.69 Å². The predicted octanol–water partition coefficient (Wildman–Crippen LogP) is 2.17.